The summed E-state index contributed by atoms with van der Waals surface area (Å²) in [5.74, 6) is -1.30. The summed E-state index contributed by atoms with van der Waals surface area (Å²) >= 11 is 6.54. The number of nitrogens with zero attached hydrogens (tertiary/aromatic N) is 2. The molecule has 1 fully saturated rings. The maximum atomic E-state index is 12.8. The lowest BCUT2D eigenvalue weighted by Gasteiger charge is -2.14. The Morgan fingerprint density at radius 3 is 2.50 bits per heavy atom. The van der Waals surface area contributed by atoms with E-state index in [1.54, 1.807) is 18.2 Å². The second-order valence-corrected chi connectivity index (χ2v) is 7.53. The molecule has 1 aliphatic heterocycles. The summed E-state index contributed by atoms with van der Waals surface area (Å²) in [6.07, 6.45) is 1.79. The van der Waals surface area contributed by atoms with Crippen LogP contribution in [0.5, 0.6) is 0 Å². The van der Waals surface area contributed by atoms with Crippen LogP contribution in [0.1, 0.15) is 15.9 Å². The van der Waals surface area contributed by atoms with Crippen LogP contribution in [0.3, 0.4) is 0 Å². The summed E-state index contributed by atoms with van der Waals surface area (Å²) in [5.41, 5.74) is 2.54. The molecule has 0 atom stereocenters. The molecule has 1 N–H and O–H groups in total. The molecule has 0 aromatic heterocycles. The van der Waals surface area contributed by atoms with Crippen molar-refractivity contribution in [3.63, 3.8) is 0 Å². The number of rotatable bonds is 4. The van der Waals surface area contributed by atoms with Crippen molar-refractivity contribution in [3.05, 3.63) is 64.6 Å². The number of amides is 1. The van der Waals surface area contributed by atoms with Crippen molar-refractivity contribution in [3.8, 4) is 0 Å². The van der Waals surface area contributed by atoms with Gasteiger partial charge in [-0.1, -0.05) is 42.2 Å². The lowest BCUT2D eigenvalue weighted by atomic mass is 10.1. The quantitative estimate of drug-likeness (QED) is 0.638. The number of anilines is 2. The van der Waals surface area contributed by atoms with Gasteiger partial charge in [0.05, 0.1) is 16.2 Å². The molecule has 1 aliphatic rings. The van der Waals surface area contributed by atoms with Gasteiger partial charge in [0.1, 0.15) is 0 Å². The molecule has 2 aromatic rings. The Bertz CT molecular complexity index is 921. The zero-order chi connectivity index (χ0) is 18.8. The largest absolute Gasteiger partial charge is 0.478 e. The van der Waals surface area contributed by atoms with Gasteiger partial charge in [0.15, 0.2) is 4.32 Å². The Morgan fingerprint density at radius 1 is 1.19 bits per heavy atom. The molecule has 2 aromatic carbocycles. The minimum atomic E-state index is -1.05. The van der Waals surface area contributed by atoms with Crippen LogP contribution >= 0.6 is 24.0 Å². The lowest BCUT2D eigenvalue weighted by Crippen LogP contribution is -2.27. The minimum Gasteiger partial charge on any atom is -0.478 e. The number of carbonyl (C=O) groups excluding carboxylic acids is 1. The van der Waals surface area contributed by atoms with Gasteiger partial charge in [0.2, 0.25) is 0 Å². The average Bonchev–Trinajstić information content (AvgIpc) is 2.89. The molecule has 7 heteroatoms. The predicted molar refractivity (Wildman–Crippen MR) is 110 cm³/mol. The van der Waals surface area contributed by atoms with Gasteiger partial charge in [-0.2, -0.15) is 0 Å². The second-order valence-electron chi connectivity index (χ2n) is 5.86. The summed E-state index contributed by atoms with van der Waals surface area (Å²) in [6, 6.07) is 14.0. The summed E-state index contributed by atoms with van der Waals surface area (Å²) < 4.78 is 0.383. The molecule has 0 bridgehead atoms. The first-order chi connectivity index (χ1) is 12.4. The van der Waals surface area contributed by atoms with Gasteiger partial charge in [-0.05, 0) is 42.0 Å². The Morgan fingerprint density at radius 2 is 1.88 bits per heavy atom. The molecule has 0 aliphatic carbocycles. The molecule has 26 heavy (non-hydrogen) atoms. The highest BCUT2D eigenvalue weighted by Gasteiger charge is 2.33. The normalized spacial score (nSPS) is 15.6. The van der Waals surface area contributed by atoms with Crippen molar-refractivity contribution in [1.29, 1.82) is 0 Å². The topological polar surface area (TPSA) is 60.9 Å². The molecular formula is C19H16N2O3S2. The van der Waals surface area contributed by atoms with Crippen molar-refractivity contribution in [2.75, 3.05) is 23.9 Å². The van der Waals surface area contributed by atoms with Crippen LogP contribution in [0.4, 0.5) is 11.4 Å². The van der Waals surface area contributed by atoms with Crippen LogP contribution in [0.2, 0.25) is 0 Å². The van der Waals surface area contributed by atoms with E-state index in [1.165, 1.54) is 28.8 Å². The van der Waals surface area contributed by atoms with Crippen LogP contribution in [0, 0.1) is 0 Å². The summed E-state index contributed by atoms with van der Waals surface area (Å²) in [6.45, 7) is 0. The maximum Gasteiger partial charge on any atom is 0.335 e. The summed E-state index contributed by atoms with van der Waals surface area (Å²) in [4.78, 5) is 27.8. The maximum absolute atomic E-state index is 12.8. The fourth-order valence-electron chi connectivity index (χ4n) is 2.49. The first kappa shape index (κ1) is 18.2. The number of carboxylic acid groups (broad SMARTS) is 1. The third kappa shape index (κ3) is 3.63. The summed E-state index contributed by atoms with van der Waals surface area (Å²) in [5, 5.41) is 9.14. The third-order valence-corrected chi connectivity index (χ3v) is 5.15. The molecule has 5 nitrogen and oxygen atoms in total. The SMILES string of the molecule is CN(C)c1ccc(/C=C2\SC(=S)N(c3cccc(C(=O)O)c3)C2=O)cc1. The number of benzene rings is 2. The van der Waals surface area contributed by atoms with Gasteiger partial charge < -0.3 is 10.0 Å². The second kappa shape index (κ2) is 7.31. The van der Waals surface area contributed by atoms with Crippen LogP contribution in [0.15, 0.2) is 53.4 Å². The lowest BCUT2D eigenvalue weighted by molar-refractivity contribution is -0.113. The monoisotopic (exact) mass is 384 g/mol. The number of carbonyl (C=O) groups is 2. The Hall–Kier alpha value is -2.64. The molecule has 0 spiro atoms. The number of thiocarbonyl (C=S) groups is 1. The van der Waals surface area contributed by atoms with E-state index in [2.05, 4.69) is 0 Å². The highest BCUT2D eigenvalue weighted by Crippen LogP contribution is 2.36. The highest BCUT2D eigenvalue weighted by atomic mass is 32.2. The van der Waals surface area contributed by atoms with Crippen LogP contribution < -0.4 is 9.80 Å². The van der Waals surface area contributed by atoms with Crippen molar-refractivity contribution < 1.29 is 14.7 Å². The van der Waals surface area contributed by atoms with Crippen LogP contribution in [0.25, 0.3) is 6.08 Å². The number of hydrogen-bond acceptors (Lipinski definition) is 5. The standard InChI is InChI=1S/C19H16N2O3S2/c1-20(2)14-8-6-12(7-9-14)10-16-17(22)21(19(25)26-16)15-5-3-4-13(11-15)18(23)24/h3-11H,1-2H3,(H,23,24)/b16-10-. The van der Waals surface area contributed by atoms with Crippen LogP contribution in [-0.2, 0) is 4.79 Å². The van der Waals surface area contributed by atoms with Crippen molar-refractivity contribution in [1.82, 2.24) is 0 Å². The van der Waals surface area contributed by atoms with E-state index in [4.69, 9.17) is 17.3 Å². The average molecular weight is 384 g/mol. The van der Waals surface area contributed by atoms with E-state index in [9.17, 15) is 9.59 Å². The van der Waals surface area contributed by atoms with Crippen molar-refractivity contribution in [2.45, 2.75) is 0 Å². The zero-order valence-corrected chi connectivity index (χ0v) is 15.8. The summed E-state index contributed by atoms with van der Waals surface area (Å²) in [7, 11) is 3.93. The van der Waals surface area contributed by atoms with Gasteiger partial charge >= 0.3 is 5.97 Å². The molecule has 0 radical (unpaired) electrons. The number of aromatic carboxylic acids is 1. The fraction of sp³-hybridized carbons (Fsp3) is 0.105. The molecule has 1 saturated heterocycles. The first-order valence-corrected chi connectivity index (χ1v) is 8.98. The molecule has 3 rings (SSSR count). The third-order valence-electron chi connectivity index (χ3n) is 3.85. The zero-order valence-electron chi connectivity index (χ0n) is 14.2. The van der Waals surface area contributed by atoms with E-state index >= 15 is 0 Å². The molecule has 132 valence electrons. The number of thioether (sulfide) groups is 1. The van der Waals surface area contributed by atoms with Gasteiger partial charge in [-0.3, -0.25) is 9.69 Å². The Balaban J connectivity index is 1.89. The van der Waals surface area contributed by atoms with E-state index in [-0.39, 0.29) is 11.5 Å². The van der Waals surface area contributed by atoms with Gasteiger partial charge in [-0.25, -0.2) is 4.79 Å². The first-order valence-electron chi connectivity index (χ1n) is 7.75. The molecule has 1 heterocycles. The minimum absolute atomic E-state index is 0.111. The Labute approximate surface area is 160 Å². The number of carboxylic acids is 1. The highest BCUT2D eigenvalue weighted by molar-refractivity contribution is 8.27. The van der Waals surface area contributed by atoms with Crippen molar-refractivity contribution >= 4 is 57.6 Å². The van der Waals surface area contributed by atoms with Gasteiger partial charge in [0.25, 0.3) is 5.91 Å². The van der Waals surface area contributed by atoms with Gasteiger partial charge in [-0.15, -0.1) is 0 Å². The van der Waals surface area contributed by atoms with E-state index in [0.717, 1.165) is 11.3 Å². The van der Waals surface area contributed by atoms with Crippen LogP contribution in [-0.4, -0.2) is 35.4 Å². The Kier molecular flexibility index (Phi) is 5.11. The number of hydrogen-bond donors (Lipinski definition) is 1. The molecule has 1 amide bonds. The molecule has 0 unspecified atom stereocenters. The fourth-order valence-corrected chi connectivity index (χ4v) is 3.79. The predicted octanol–water partition coefficient (Wildman–Crippen LogP) is 3.86. The van der Waals surface area contributed by atoms with E-state index < -0.39 is 5.97 Å². The van der Waals surface area contributed by atoms with E-state index in [1.807, 2.05) is 43.3 Å². The van der Waals surface area contributed by atoms with Crippen molar-refractivity contribution in [2.24, 2.45) is 0 Å². The molecular weight excluding hydrogens is 368 g/mol. The smallest absolute Gasteiger partial charge is 0.335 e. The molecule has 0 saturated carbocycles. The van der Waals surface area contributed by atoms with E-state index in [0.29, 0.717) is 14.9 Å². The van der Waals surface area contributed by atoms with Gasteiger partial charge in [0, 0.05) is 19.8 Å².